The zero-order valence-electron chi connectivity index (χ0n) is 8.48. The summed E-state index contributed by atoms with van der Waals surface area (Å²) >= 11 is 0. The quantitative estimate of drug-likeness (QED) is 0.753. The van der Waals surface area contributed by atoms with E-state index in [4.69, 9.17) is 5.73 Å². The van der Waals surface area contributed by atoms with Gasteiger partial charge in [-0.05, 0) is 31.6 Å². The van der Waals surface area contributed by atoms with Crippen molar-refractivity contribution >= 4 is 9.84 Å². The lowest BCUT2D eigenvalue weighted by Crippen LogP contribution is -2.42. The Morgan fingerprint density at radius 1 is 1.07 bits per heavy atom. The molecule has 2 unspecified atom stereocenters. The highest BCUT2D eigenvalue weighted by Gasteiger charge is 2.39. The van der Waals surface area contributed by atoms with Crippen LogP contribution in [0.3, 0.4) is 0 Å². The number of nitrogens with two attached hydrogens (primary N) is 1. The van der Waals surface area contributed by atoms with Crippen LogP contribution in [0.5, 0.6) is 0 Å². The summed E-state index contributed by atoms with van der Waals surface area (Å²) in [5.41, 5.74) is 6.08. The van der Waals surface area contributed by atoms with E-state index in [1.54, 1.807) is 0 Å². The van der Waals surface area contributed by atoms with Gasteiger partial charge in [0.1, 0.15) is 0 Å². The van der Waals surface area contributed by atoms with Gasteiger partial charge in [-0.15, -0.1) is 0 Å². The predicted octanol–water partition coefficient (Wildman–Crippen LogP) is 1.08. The van der Waals surface area contributed by atoms with Gasteiger partial charge in [0.25, 0.3) is 0 Å². The fraction of sp³-hybridized carbons (Fsp3) is 1.00. The molecule has 0 spiro atoms. The number of rotatable bonds is 2. The first-order chi connectivity index (χ1) is 6.61. The van der Waals surface area contributed by atoms with Crippen molar-refractivity contribution in [3.8, 4) is 0 Å². The van der Waals surface area contributed by atoms with E-state index in [-0.39, 0.29) is 11.3 Å². The summed E-state index contributed by atoms with van der Waals surface area (Å²) in [6.07, 6.45) is 6.32. The lowest BCUT2D eigenvalue weighted by Gasteiger charge is -2.24. The fourth-order valence-electron chi connectivity index (χ4n) is 2.89. The molecule has 0 aromatic carbocycles. The lowest BCUT2D eigenvalue weighted by atomic mass is 9.94. The Balaban J connectivity index is 2.07. The van der Waals surface area contributed by atoms with Crippen LogP contribution in [-0.4, -0.2) is 25.5 Å². The van der Waals surface area contributed by atoms with Crippen LogP contribution in [0.25, 0.3) is 0 Å². The molecule has 0 bridgehead atoms. The minimum absolute atomic E-state index is 0.0926. The fourth-order valence-corrected chi connectivity index (χ4v) is 4.99. The van der Waals surface area contributed by atoms with Crippen molar-refractivity contribution in [1.82, 2.24) is 0 Å². The van der Waals surface area contributed by atoms with Crippen LogP contribution in [0.2, 0.25) is 0 Å². The zero-order chi connectivity index (χ0) is 10.2. The molecule has 2 atom stereocenters. The molecule has 3 nitrogen and oxygen atoms in total. The second-order valence-corrected chi connectivity index (χ2v) is 7.01. The maximum Gasteiger partial charge on any atom is 0.154 e. The summed E-state index contributed by atoms with van der Waals surface area (Å²) in [5, 5.41) is -0.231. The summed E-state index contributed by atoms with van der Waals surface area (Å²) in [4.78, 5) is 0. The average molecular weight is 217 g/mol. The lowest BCUT2D eigenvalue weighted by molar-refractivity contribution is 0.406. The van der Waals surface area contributed by atoms with Crippen LogP contribution in [0.15, 0.2) is 0 Å². The summed E-state index contributed by atoms with van der Waals surface area (Å²) in [6, 6.07) is -0.0926. The third-order valence-corrected chi connectivity index (χ3v) is 6.08. The molecule has 0 radical (unpaired) electrons. The van der Waals surface area contributed by atoms with E-state index in [0.717, 1.165) is 25.7 Å². The van der Waals surface area contributed by atoms with Gasteiger partial charge in [-0.1, -0.05) is 12.8 Å². The minimum Gasteiger partial charge on any atom is -0.326 e. The summed E-state index contributed by atoms with van der Waals surface area (Å²) in [7, 11) is -2.85. The van der Waals surface area contributed by atoms with Crippen LogP contribution in [0.1, 0.15) is 38.5 Å². The van der Waals surface area contributed by atoms with Crippen molar-refractivity contribution in [2.45, 2.75) is 49.8 Å². The largest absolute Gasteiger partial charge is 0.326 e. The van der Waals surface area contributed by atoms with E-state index in [9.17, 15) is 8.42 Å². The maximum atomic E-state index is 11.7. The summed E-state index contributed by atoms with van der Waals surface area (Å²) < 4.78 is 23.4. The van der Waals surface area contributed by atoms with E-state index in [0.29, 0.717) is 11.7 Å². The SMILES string of the molecule is NC(C1CCCC1)C1CCCS1(=O)=O. The van der Waals surface area contributed by atoms with E-state index in [2.05, 4.69) is 0 Å². The third kappa shape index (κ3) is 1.82. The monoisotopic (exact) mass is 217 g/mol. The van der Waals surface area contributed by atoms with Gasteiger partial charge < -0.3 is 5.73 Å². The predicted molar refractivity (Wildman–Crippen MR) is 56.7 cm³/mol. The molecule has 82 valence electrons. The second-order valence-electron chi connectivity index (χ2n) is 4.67. The Morgan fingerprint density at radius 3 is 2.21 bits per heavy atom. The van der Waals surface area contributed by atoms with Crippen LogP contribution in [-0.2, 0) is 9.84 Å². The van der Waals surface area contributed by atoms with Crippen molar-refractivity contribution in [3.05, 3.63) is 0 Å². The molecule has 1 aliphatic carbocycles. The van der Waals surface area contributed by atoms with Crippen molar-refractivity contribution in [2.24, 2.45) is 11.7 Å². The Hall–Kier alpha value is -0.0900. The van der Waals surface area contributed by atoms with Crippen LogP contribution in [0.4, 0.5) is 0 Å². The van der Waals surface area contributed by atoms with Gasteiger partial charge in [0.05, 0.1) is 11.0 Å². The smallest absolute Gasteiger partial charge is 0.154 e. The zero-order valence-corrected chi connectivity index (χ0v) is 9.30. The highest BCUT2D eigenvalue weighted by Crippen LogP contribution is 2.33. The topological polar surface area (TPSA) is 60.2 Å². The van der Waals surface area contributed by atoms with Crippen LogP contribution in [0, 0.1) is 5.92 Å². The first kappa shape index (κ1) is 10.4. The molecular weight excluding hydrogens is 198 g/mol. The molecule has 1 aliphatic heterocycles. The van der Waals surface area contributed by atoms with Crippen LogP contribution >= 0.6 is 0 Å². The molecule has 2 rings (SSSR count). The highest BCUT2D eigenvalue weighted by molar-refractivity contribution is 7.92. The molecule has 4 heteroatoms. The van der Waals surface area contributed by atoms with Crippen molar-refractivity contribution in [2.75, 3.05) is 5.75 Å². The molecular formula is C10H19NO2S. The second kappa shape index (κ2) is 3.81. The molecule has 2 N–H and O–H groups in total. The molecule has 1 heterocycles. The van der Waals surface area contributed by atoms with E-state index >= 15 is 0 Å². The first-order valence-corrected chi connectivity index (χ1v) is 7.30. The van der Waals surface area contributed by atoms with Gasteiger partial charge in [-0.3, -0.25) is 0 Å². The molecule has 1 saturated heterocycles. The highest BCUT2D eigenvalue weighted by atomic mass is 32.2. The molecule has 0 aromatic rings. The standard InChI is InChI=1S/C10H19NO2S/c11-10(8-4-1-2-5-8)9-6-3-7-14(9,12)13/h8-10H,1-7,11H2. The molecule has 14 heavy (non-hydrogen) atoms. The third-order valence-electron chi connectivity index (χ3n) is 3.75. The first-order valence-electron chi connectivity index (χ1n) is 5.58. The van der Waals surface area contributed by atoms with Gasteiger partial charge >= 0.3 is 0 Å². The normalized spacial score (nSPS) is 34.8. The van der Waals surface area contributed by atoms with Gasteiger partial charge in [-0.2, -0.15) is 0 Å². The Labute approximate surface area is 86.0 Å². The summed E-state index contributed by atoms with van der Waals surface area (Å²) in [6.45, 7) is 0. The summed E-state index contributed by atoms with van der Waals surface area (Å²) in [5.74, 6) is 0.825. The Kier molecular flexibility index (Phi) is 2.84. The van der Waals surface area contributed by atoms with Crippen molar-refractivity contribution in [3.63, 3.8) is 0 Å². The van der Waals surface area contributed by atoms with Gasteiger partial charge in [0.15, 0.2) is 9.84 Å². The molecule has 1 saturated carbocycles. The van der Waals surface area contributed by atoms with Gasteiger partial charge in [-0.25, -0.2) is 8.42 Å². The van der Waals surface area contributed by atoms with Gasteiger partial charge in [0.2, 0.25) is 0 Å². The van der Waals surface area contributed by atoms with Crippen molar-refractivity contribution in [1.29, 1.82) is 0 Å². The number of hydrogen-bond donors (Lipinski definition) is 1. The average Bonchev–Trinajstić information content (AvgIpc) is 2.71. The molecule has 0 aromatic heterocycles. The number of sulfone groups is 1. The molecule has 0 amide bonds. The van der Waals surface area contributed by atoms with Crippen LogP contribution < -0.4 is 5.73 Å². The van der Waals surface area contributed by atoms with E-state index in [1.807, 2.05) is 0 Å². The van der Waals surface area contributed by atoms with E-state index in [1.165, 1.54) is 12.8 Å². The van der Waals surface area contributed by atoms with Gasteiger partial charge in [0, 0.05) is 6.04 Å². The maximum absolute atomic E-state index is 11.7. The Bertz CT molecular complexity index is 293. The Morgan fingerprint density at radius 2 is 1.71 bits per heavy atom. The minimum atomic E-state index is -2.85. The molecule has 2 aliphatic rings. The van der Waals surface area contributed by atoms with Crippen molar-refractivity contribution < 1.29 is 8.42 Å². The number of hydrogen-bond acceptors (Lipinski definition) is 3. The van der Waals surface area contributed by atoms with E-state index < -0.39 is 9.84 Å². The molecule has 2 fully saturated rings.